The number of halogens is 1. The molecule has 112 valence electrons. The van der Waals surface area contributed by atoms with Crippen molar-refractivity contribution < 1.29 is 14.0 Å². The number of pyridine rings is 1. The van der Waals surface area contributed by atoms with E-state index >= 15 is 0 Å². The standard InChI is InChI=1S/C16H19FN2O2/c17-13-10-18-8-7-11(13)16(21)19-9-2-1-5-14(19)12-4-3-6-15(12)20/h7-8,10,12,14H,1-6,9H2. The van der Waals surface area contributed by atoms with Gasteiger partial charge in [-0.2, -0.15) is 0 Å². The maximum atomic E-state index is 13.8. The lowest BCUT2D eigenvalue weighted by Crippen LogP contribution is -2.48. The maximum absolute atomic E-state index is 13.8. The van der Waals surface area contributed by atoms with Crippen LogP contribution in [0.25, 0.3) is 0 Å². The van der Waals surface area contributed by atoms with Crippen LogP contribution in [-0.2, 0) is 4.79 Å². The molecule has 2 heterocycles. The molecule has 0 aromatic carbocycles. The molecule has 1 aliphatic heterocycles. The van der Waals surface area contributed by atoms with Crippen LogP contribution in [0.2, 0.25) is 0 Å². The van der Waals surface area contributed by atoms with Gasteiger partial charge in [0, 0.05) is 31.1 Å². The zero-order valence-electron chi connectivity index (χ0n) is 11.9. The second-order valence-electron chi connectivity index (χ2n) is 5.88. The minimum Gasteiger partial charge on any atom is -0.335 e. The molecule has 1 aliphatic carbocycles. The second kappa shape index (κ2) is 5.92. The Kier molecular flexibility index (Phi) is 3.99. The van der Waals surface area contributed by atoms with E-state index < -0.39 is 5.82 Å². The molecule has 1 saturated carbocycles. The van der Waals surface area contributed by atoms with Crippen LogP contribution in [0.4, 0.5) is 4.39 Å². The van der Waals surface area contributed by atoms with E-state index in [1.807, 2.05) is 0 Å². The number of likely N-dealkylation sites (tertiary alicyclic amines) is 1. The SMILES string of the molecule is O=C1CCCC1C1CCCCN1C(=O)c1ccncc1F. The average molecular weight is 290 g/mol. The Bertz CT molecular complexity index is 561. The summed E-state index contributed by atoms with van der Waals surface area (Å²) in [4.78, 5) is 30.1. The Morgan fingerprint density at radius 3 is 2.86 bits per heavy atom. The van der Waals surface area contributed by atoms with Gasteiger partial charge in [0.1, 0.15) is 5.78 Å². The van der Waals surface area contributed by atoms with Crippen LogP contribution >= 0.6 is 0 Å². The van der Waals surface area contributed by atoms with Crippen molar-refractivity contribution in [2.24, 2.45) is 5.92 Å². The molecule has 21 heavy (non-hydrogen) atoms. The van der Waals surface area contributed by atoms with Gasteiger partial charge in [-0.3, -0.25) is 14.6 Å². The van der Waals surface area contributed by atoms with Crippen LogP contribution in [0.15, 0.2) is 18.5 Å². The fourth-order valence-electron chi connectivity index (χ4n) is 3.58. The number of piperidine rings is 1. The first kappa shape index (κ1) is 14.2. The molecule has 2 fully saturated rings. The molecular formula is C16H19FN2O2. The number of rotatable bonds is 2. The summed E-state index contributed by atoms with van der Waals surface area (Å²) in [5.74, 6) is -0.696. The van der Waals surface area contributed by atoms with Gasteiger partial charge in [-0.05, 0) is 38.2 Å². The van der Waals surface area contributed by atoms with Crippen molar-refractivity contribution in [3.05, 3.63) is 29.8 Å². The van der Waals surface area contributed by atoms with Crippen molar-refractivity contribution in [2.45, 2.75) is 44.6 Å². The van der Waals surface area contributed by atoms with E-state index in [2.05, 4.69) is 4.98 Å². The zero-order chi connectivity index (χ0) is 14.8. The van der Waals surface area contributed by atoms with Crippen LogP contribution in [0.5, 0.6) is 0 Å². The maximum Gasteiger partial charge on any atom is 0.257 e. The van der Waals surface area contributed by atoms with E-state index in [4.69, 9.17) is 0 Å². The van der Waals surface area contributed by atoms with Gasteiger partial charge in [-0.15, -0.1) is 0 Å². The fourth-order valence-corrected chi connectivity index (χ4v) is 3.58. The van der Waals surface area contributed by atoms with Gasteiger partial charge in [-0.1, -0.05) is 0 Å². The second-order valence-corrected chi connectivity index (χ2v) is 5.88. The molecule has 2 atom stereocenters. The summed E-state index contributed by atoms with van der Waals surface area (Å²) < 4.78 is 13.8. The Balaban J connectivity index is 1.86. The molecule has 1 saturated heterocycles. The van der Waals surface area contributed by atoms with Gasteiger partial charge in [0.2, 0.25) is 0 Å². The van der Waals surface area contributed by atoms with Gasteiger partial charge >= 0.3 is 0 Å². The number of hydrogen-bond acceptors (Lipinski definition) is 3. The average Bonchev–Trinajstić information content (AvgIpc) is 2.93. The quantitative estimate of drug-likeness (QED) is 0.841. The van der Waals surface area contributed by atoms with E-state index in [1.54, 1.807) is 4.90 Å². The van der Waals surface area contributed by atoms with E-state index in [0.717, 1.165) is 38.3 Å². The summed E-state index contributed by atoms with van der Waals surface area (Å²) >= 11 is 0. The van der Waals surface area contributed by atoms with E-state index in [1.165, 1.54) is 12.3 Å². The predicted molar refractivity (Wildman–Crippen MR) is 75.2 cm³/mol. The number of nitrogens with zero attached hydrogens (tertiary/aromatic N) is 2. The highest BCUT2D eigenvalue weighted by Crippen LogP contribution is 2.33. The molecular weight excluding hydrogens is 271 g/mol. The fraction of sp³-hybridized carbons (Fsp3) is 0.562. The highest BCUT2D eigenvalue weighted by atomic mass is 19.1. The molecule has 1 aromatic rings. The number of Topliss-reactive ketones (excluding diaryl/α,β-unsaturated/α-hetero) is 1. The molecule has 0 radical (unpaired) electrons. The Morgan fingerprint density at radius 1 is 1.29 bits per heavy atom. The third-order valence-electron chi connectivity index (χ3n) is 4.63. The van der Waals surface area contributed by atoms with Crippen LogP contribution in [0, 0.1) is 11.7 Å². The molecule has 0 N–H and O–H groups in total. The van der Waals surface area contributed by atoms with Crippen molar-refractivity contribution in [3.63, 3.8) is 0 Å². The lowest BCUT2D eigenvalue weighted by molar-refractivity contribution is -0.122. The molecule has 4 nitrogen and oxygen atoms in total. The van der Waals surface area contributed by atoms with Crippen molar-refractivity contribution >= 4 is 11.7 Å². The van der Waals surface area contributed by atoms with Crippen molar-refractivity contribution in [3.8, 4) is 0 Å². The molecule has 3 rings (SSSR count). The number of hydrogen-bond donors (Lipinski definition) is 0. The lowest BCUT2D eigenvalue weighted by Gasteiger charge is -2.38. The zero-order valence-corrected chi connectivity index (χ0v) is 11.9. The van der Waals surface area contributed by atoms with Gasteiger partial charge in [0.25, 0.3) is 5.91 Å². The molecule has 0 spiro atoms. The smallest absolute Gasteiger partial charge is 0.257 e. The summed E-state index contributed by atoms with van der Waals surface area (Å²) in [6.07, 6.45) is 7.65. The first-order valence-corrected chi connectivity index (χ1v) is 7.61. The molecule has 0 bridgehead atoms. The summed E-state index contributed by atoms with van der Waals surface area (Å²) in [5.41, 5.74) is 0.0577. The van der Waals surface area contributed by atoms with E-state index in [-0.39, 0.29) is 29.2 Å². The molecule has 2 unspecified atom stereocenters. The molecule has 5 heteroatoms. The molecule has 1 aromatic heterocycles. The summed E-state index contributed by atoms with van der Waals surface area (Å²) in [7, 11) is 0. The molecule has 2 aliphatic rings. The van der Waals surface area contributed by atoms with Gasteiger partial charge in [0.15, 0.2) is 5.82 Å². The minimum absolute atomic E-state index is 0.0563. The number of amides is 1. The highest BCUT2D eigenvalue weighted by Gasteiger charge is 2.39. The number of carbonyl (C=O) groups is 2. The van der Waals surface area contributed by atoms with Crippen molar-refractivity contribution in [1.29, 1.82) is 0 Å². The monoisotopic (exact) mass is 290 g/mol. The Morgan fingerprint density at radius 2 is 2.14 bits per heavy atom. The van der Waals surface area contributed by atoms with E-state index in [0.29, 0.717) is 13.0 Å². The Hall–Kier alpha value is -1.78. The van der Waals surface area contributed by atoms with Crippen LogP contribution < -0.4 is 0 Å². The lowest BCUT2D eigenvalue weighted by atomic mass is 9.88. The topological polar surface area (TPSA) is 50.3 Å². The van der Waals surface area contributed by atoms with Crippen LogP contribution in [0.3, 0.4) is 0 Å². The summed E-state index contributed by atoms with van der Waals surface area (Å²) in [6, 6.07) is 1.36. The Labute approximate surface area is 123 Å². The first-order chi connectivity index (χ1) is 10.2. The number of carbonyl (C=O) groups excluding carboxylic acids is 2. The highest BCUT2D eigenvalue weighted by molar-refractivity contribution is 5.95. The van der Waals surface area contributed by atoms with Crippen molar-refractivity contribution in [1.82, 2.24) is 9.88 Å². The predicted octanol–water partition coefficient (Wildman–Crippen LogP) is 2.58. The normalized spacial score (nSPS) is 26.1. The minimum atomic E-state index is -0.593. The molecule has 1 amide bonds. The number of ketones is 1. The summed E-state index contributed by atoms with van der Waals surface area (Å²) in [6.45, 7) is 0.606. The van der Waals surface area contributed by atoms with E-state index in [9.17, 15) is 14.0 Å². The van der Waals surface area contributed by atoms with Crippen LogP contribution in [-0.4, -0.2) is 34.2 Å². The third kappa shape index (κ3) is 2.69. The summed E-state index contributed by atoms with van der Waals surface area (Å²) in [5, 5.41) is 0. The largest absolute Gasteiger partial charge is 0.335 e. The van der Waals surface area contributed by atoms with Crippen LogP contribution in [0.1, 0.15) is 48.9 Å². The third-order valence-corrected chi connectivity index (χ3v) is 4.63. The van der Waals surface area contributed by atoms with Gasteiger partial charge < -0.3 is 4.90 Å². The van der Waals surface area contributed by atoms with Gasteiger partial charge in [-0.25, -0.2) is 4.39 Å². The van der Waals surface area contributed by atoms with Crippen molar-refractivity contribution in [2.75, 3.05) is 6.54 Å². The first-order valence-electron chi connectivity index (χ1n) is 7.61. The number of aromatic nitrogens is 1. The van der Waals surface area contributed by atoms with Gasteiger partial charge in [0.05, 0.1) is 11.8 Å².